The summed E-state index contributed by atoms with van der Waals surface area (Å²) in [6.07, 6.45) is 0. The van der Waals surface area contributed by atoms with Crippen molar-refractivity contribution in [3.8, 4) is 28.9 Å². The van der Waals surface area contributed by atoms with E-state index < -0.39 is 5.92 Å². The van der Waals surface area contributed by atoms with Crippen LogP contribution in [0.4, 0.5) is 0 Å². The van der Waals surface area contributed by atoms with E-state index in [-0.39, 0.29) is 17.7 Å². The van der Waals surface area contributed by atoms with E-state index in [9.17, 15) is 9.59 Å². The standard InChI is InChI=1S/C30H27N5O4/c1-19-26(29(36)34(32-19)22-10-6-4-7-11-22)28(21-14-15-24(39-17-16-31)25(18-21)38-3)27-20(2)33-35(30(27)37)23-12-8-5-9-13-23/h4-15,18,28,32-33H,17H2,1-3H3. The normalized spacial score (nSPS) is 10.9. The molecule has 3 aromatic carbocycles. The maximum atomic E-state index is 14.0. The molecule has 2 aromatic heterocycles. The van der Waals surface area contributed by atoms with Crippen molar-refractivity contribution in [2.45, 2.75) is 19.8 Å². The Kier molecular flexibility index (Phi) is 6.93. The fourth-order valence-electron chi connectivity index (χ4n) is 4.89. The van der Waals surface area contributed by atoms with Gasteiger partial charge in [-0.05, 0) is 55.8 Å². The molecule has 2 N–H and O–H groups in total. The first-order valence-electron chi connectivity index (χ1n) is 12.4. The van der Waals surface area contributed by atoms with Gasteiger partial charge in [-0.1, -0.05) is 42.5 Å². The number of para-hydroxylation sites is 2. The highest BCUT2D eigenvalue weighted by Gasteiger charge is 2.31. The first-order chi connectivity index (χ1) is 18.9. The van der Waals surface area contributed by atoms with Gasteiger partial charge in [0.25, 0.3) is 11.1 Å². The minimum Gasteiger partial charge on any atom is -0.493 e. The molecule has 39 heavy (non-hydrogen) atoms. The van der Waals surface area contributed by atoms with Crippen molar-refractivity contribution >= 4 is 0 Å². The van der Waals surface area contributed by atoms with Gasteiger partial charge in [-0.2, -0.15) is 5.26 Å². The fourth-order valence-corrected chi connectivity index (χ4v) is 4.89. The van der Waals surface area contributed by atoms with Crippen molar-refractivity contribution in [1.82, 2.24) is 19.6 Å². The van der Waals surface area contributed by atoms with E-state index in [4.69, 9.17) is 14.7 Å². The summed E-state index contributed by atoms with van der Waals surface area (Å²) in [5.74, 6) is 0.0498. The second-order valence-electron chi connectivity index (χ2n) is 9.04. The Morgan fingerprint density at radius 1 is 0.795 bits per heavy atom. The van der Waals surface area contributed by atoms with Crippen molar-refractivity contribution in [1.29, 1.82) is 5.26 Å². The highest BCUT2D eigenvalue weighted by molar-refractivity contribution is 5.52. The number of hydrogen-bond acceptors (Lipinski definition) is 5. The average Bonchev–Trinajstić information content (AvgIpc) is 3.43. The van der Waals surface area contributed by atoms with Gasteiger partial charge in [0.15, 0.2) is 18.1 Å². The van der Waals surface area contributed by atoms with Gasteiger partial charge < -0.3 is 9.47 Å². The van der Waals surface area contributed by atoms with E-state index in [1.54, 1.807) is 18.2 Å². The van der Waals surface area contributed by atoms with Crippen LogP contribution >= 0.6 is 0 Å². The second-order valence-corrected chi connectivity index (χ2v) is 9.04. The topological polar surface area (TPSA) is 118 Å². The lowest BCUT2D eigenvalue weighted by Crippen LogP contribution is -2.25. The number of nitrogens with zero attached hydrogens (tertiary/aromatic N) is 3. The van der Waals surface area contributed by atoms with Crippen LogP contribution in [0.3, 0.4) is 0 Å². The summed E-state index contributed by atoms with van der Waals surface area (Å²) < 4.78 is 14.0. The van der Waals surface area contributed by atoms with Gasteiger partial charge in [-0.25, -0.2) is 9.36 Å². The molecule has 0 bridgehead atoms. The average molecular weight is 522 g/mol. The number of ether oxygens (including phenoxy) is 2. The lowest BCUT2D eigenvalue weighted by Gasteiger charge is -2.18. The molecule has 0 atom stereocenters. The van der Waals surface area contributed by atoms with Gasteiger partial charge >= 0.3 is 0 Å². The third-order valence-electron chi connectivity index (χ3n) is 6.65. The molecule has 2 heterocycles. The van der Waals surface area contributed by atoms with Crippen LogP contribution in [-0.2, 0) is 0 Å². The Bertz CT molecular complexity index is 1670. The molecule has 0 amide bonds. The molecule has 9 nitrogen and oxygen atoms in total. The molecule has 0 saturated carbocycles. The number of H-pyrrole nitrogens is 2. The Balaban J connectivity index is 1.76. The van der Waals surface area contributed by atoms with Crippen LogP contribution in [0.25, 0.3) is 11.4 Å². The Morgan fingerprint density at radius 2 is 1.31 bits per heavy atom. The van der Waals surface area contributed by atoms with Crippen LogP contribution < -0.4 is 20.6 Å². The van der Waals surface area contributed by atoms with Crippen LogP contribution in [0.15, 0.2) is 88.5 Å². The molecular formula is C30H27N5O4. The maximum absolute atomic E-state index is 14.0. The lowest BCUT2D eigenvalue weighted by molar-refractivity contribution is 0.329. The summed E-state index contributed by atoms with van der Waals surface area (Å²) in [5, 5.41) is 15.3. The molecule has 5 aromatic rings. The first-order valence-corrected chi connectivity index (χ1v) is 12.4. The number of methoxy groups -OCH3 is 1. The highest BCUT2D eigenvalue weighted by atomic mass is 16.5. The number of aromatic nitrogens is 4. The largest absolute Gasteiger partial charge is 0.493 e. The van der Waals surface area contributed by atoms with Crippen LogP contribution in [0.2, 0.25) is 0 Å². The Hall–Kier alpha value is -5.23. The van der Waals surface area contributed by atoms with Gasteiger partial charge in [0.05, 0.1) is 29.6 Å². The van der Waals surface area contributed by atoms with E-state index >= 15 is 0 Å². The quantitative estimate of drug-likeness (QED) is 0.315. The molecule has 0 aliphatic carbocycles. The third kappa shape index (κ3) is 4.64. The predicted octanol–water partition coefficient (Wildman–Crippen LogP) is 4.35. The second kappa shape index (κ2) is 10.6. The molecule has 0 aliphatic rings. The zero-order chi connectivity index (χ0) is 27.5. The zero-order valence-electron chi connectivity index (χ0n) is 21.8. The van der Waals surface area contributed by atoms with Crippen molar-refractivity contribution in [3.05, 3.63) is 128 Å². The third-order valence-corrected chi connectivity index (χ3v) is 6.65. The van der Waals surface area contributed by atoms with Crippen LogP contribution in [0.1, 0.15) is 34.0 Å². The Labute approximate surface area is 224 Å². The fraction of sp³-hybridized carbons (Fsp3) is 0.167. The van der Waals surface area contributed by atoms with Crippen LogP contribution in [-0.4, -0.2) is 33.3 Å². The molecule has 0 saturated heterocycles. The first kappa shape index (κ1) is 25.4. The van der Waals surface area contributed by atoms with Gasteiger partial charge in [-0.3, -0.25) is 19.8 Å². The number of benzene rings is 3. The van der Waals surface area contributed by atoms with Gasteiger partial charge in [0, 0.05) is 17.3 Å². The number of rotatable bonds is 8. The summed E-state index contributed by atoms with van der Waals surface area (Å²) in [5.41, 5.74) is 3.62. The Morgan fingerprint density at radius 3 is 1.77 bits per heavy atom. The summed E-state index contributed by atoms with van der Waals surface area (Å²) in [6.45, 7) is 3.50. The summed E-state index contributed by atoms with van der Waals surface area (Å²) >= 11 is 0. The van der Waals surface area contributed by atoms with E-state index in [1.807, 2.05) is 80.6 Å². The molecule has 0 unspecified atom stereocenters. The minimum atomic E-state index is -0.730. The van der Waals surface area contributed by atoms with Crippen molar-refractivity contribution in [2.75, 3.05) is 13.7 Å². The number of nitriles is 1. The highest BCUT2D eigenvalue weighted by Crippen LogP contribution is 2.37. The predicted molar refractivity (Wildman–Crippen MR) is 147 cm³/mol. The number of hydrogen-bond donors (Lipinski definition) is 2. The van der Waals surface area contributed by atoms with Gasteiger partial charge in [0.2, 0.25) is 0 Å². The lowest BCUT2D eigenvalue weighted by atomic mass is 9.85. The summed E-state index contributed by atoms with van der Waals surface area (Å²) in [6, 6.07) is 25.7. The molecule has 0 radical (unpaired) electrons. The SMILES string of the molecule is COc1cc(C(c2c(C)[nH]n(-c3ccccc3)c2=O)c2c(C)[nH]n(-c3ccccc3)c2=O)ccc1OCC#N. The molecule has 9 heteroatoms. The molecule has 5 rings (SSSR count). The van der Waals surface area contributed by atoms with E-state index in [0.29, 0.717) is 51.0 Å². The summed E-state index contributed by atoms with van der Waals surface area (Å²) in [4.78, 5) is 27.9. The van der Waals surface area contributed by atoms with Crippen molar-refractivity contribution in [2.24, 2.45) is 0 Å². The molecule has 196 valence electrons. The van der Waals surface area contributed by atoms with Gasteiger partial charge in [-0.15, -0.1) is 0 Å². The van der Waals surface area contributed by atoms with Gasteiger partial charge in [0.1, 0.15) is 6.07 Å². The zero-order valence-corrected chi connectivity index (χ0v) is 21.8. The molecular weight excluding hydrogens is 494 g/mol. The van der Waals surface area contributed by atoms with E-state index in [0.717, 1.165) is 0 Å². The number of aryl methyl sites for hydroxylation is 2. The summed E-state index contributed by atoms with van der Waals surface area (Å²) in [7, 11) is 1.50. The van der Waals surface area contributed by atoms with Crippen LogP contribution in [0.5, 0.6) is 11.5 Å². The number of nitrogens with one attached hydrogen (secondary N) is 2. The van der Waals surface area contributed by atoms with E-state index in [2.05, 4.69) is 10.2 Å². The van der Waals surface area contributed by atoms with E-state index in [1.165, 1.54) is 16.5 Å². The molecule has 0 spiro atoms. The minimum absolute atomic E-state index is 0.142. The van der Waals surface area contributed by atoms with Crippen LogP contribution in [0, 0.1) is 25.2 Å². The van der Waals surface area contributed by atoms with Crippen molar-refractivity contribution < 1.29 is 9.47 Å². The van der Waals surface area contributed by atoms with Crippen molar-refractivity contribution in [3.63, 3.8) is 0 Å². The smallest absolute Gasteiger partial charge is 0.275 e. The molecule has 0 aliphatic heterocycles. The maximum Gasteiger partial charge on any atom is 0.275 e. The molecule has 0 fully saturated rings. The number of aromatic amines is 2. The monoisotopic (exact) mass is 521 g/mol.